The van der Waals surface area contributed by atoms with Crippen LogP contribution < -0.4 is 5.73 Å². The molecule has 1 aromatic carbocycles. The van der Waals surface area contributed by atoms with E-state index in [-0.39, 0.29) is 5.92 Å². The lowest BCUT2D eigenvalue weighted by molar-refractivity contribution is 0.198. The van der Waals surface area contributed by atoms with Gasteiger partial charge in [0.15, 0.2) is 0 Å². The summed E-state index contributed by atoms with van der Waals surface area (Å²) in [7, 11) is 0. The van der Waals surface area contributed by atoms with Gasteiger partial charge in [-0.3, -0.25) is 4.90 Å². The summed E-state index contributed by atoms with van der Waals surface area (Å²) in [5, 5.41) is 12.6. The number of oxime groups is 1. The number of hydrogen-bond donors (Lipinski definition) is 2. The summed E-state index contributed by atoms with van der Waals surface area (Å²) in [5.74, 6) is 0.560. The Morgan fingerprint density at radius 1 is 1.39 bits per heavy atom. The fourth-order valence-corrected chi connectivity index (χ4v) is 2.53. The first kappa shape index (κ1) is 13.2. The van der Waals surface area contributed by atoms with E-state index in [1.807, 2.05) is 18.2 Å². The summed E-state index contributed by atoms with van der Waals surface area (Å²) in [5.41, 5.74) is 6.78. The Hall–Kier alpha value is -1.26. The van der Waals surface area contributed by atoms with Gasteiger partial charge in [-0.1, -0.05) is 35.0 Å². The molecule has 0 aromatic heterocycles. The molecule has 1 saturated heterocycles. The first-order valence-corrected chi connectivity index (χ1v) is 6.51. The van der Waals surface area contributed by atoms with E-state index in [1.165, 1.54) is 0 Å². The molecule has 0 atom stereocenters. The number of rotatable bonds is 3. The van der Waals surface area contributed by atoms with Crippen molar-refractivity contribution in [2.75, 3.05) is 13.1 Å². The number of piperidine rings is 1. The highest BCUT2D eigenvalue weighted by atomic mass is 35.5. The second kappa shape index (κ2) is 6.07. The van der Waals surface area contributed by atoms with Crippen molar-refractivity contribution in [1.82, 2.24) is 4.90 Å². The van der Waals surface area contributed by atoms with Gasteiger partial charge in [-0.15, -0.1) is 0 Å². The highest BCUT2D eigenvalue weighted by Crippen LogP contribution is 2.22. The van der Waals surface area contributed by atoms with Crippen LogP contribution in [0, 0.1) is 5.92 Å². The molecule has 1 aromatic rings. The number of halogens is 1. The van der Waals surface area contributed by atoms with Crippen molar-refractivity contribution in [3.05, 3.63) is 34.9 Å². The zero-order valence-electron chi connectivity index (χ0n) is 10.2. The number of hydrogen-bond acceptors (Lipinski definition) is 3. The molecular formula is C13H18ClN3O. The Bertz CT molecular complexity index is 428. The summed E-state index contributed by atoms with van der Waals surface area (Å²) in [4.78, 5) is 2.35. The predicted molar refractivity (Wildman–Crippen MR) is 72.9 cm³/mol. The van der Waals surface area contributed by atoms with Crippen LogP contribution in [0.5, 0.6) is 0 Å². The van der Waals surface area contributed by atoms with Crippen LogP contribution in [0.3, 0.4) is 0 Å². The molecule has 0 saturated carbocycles. The molecule has 98 valence electrons. The summed E-state index contributed by atoms with van der Waals surface area (Å²) < 4.78 is 0. The lowest BCUT2D eigenvalue weighted by Crippen LogP contribution is -2.38. The minimum Gasteiger partial charge on any atom is -0.409 e. The van der Waals surface area contributed by atoms with Gasteiger partial charge in [0, 0.05) is 17.5 Å². The van der Waals surface area contributed by atoms with Crippen LogP contribution in [0.15, 0.2) is 29.4 Å². The summed E-state index contributed by atoms with van der Waals surface area (Å²) >= 11 is 6.15. The van der Waals surface area contributed by atoms with Gasteiger partial charge in [0.1, 0.15) is 5.84 Å². The maximum absolute atomic E-state index is 8.66. The molecule has 3 N–H and O–H groups in total. The normalized spacial score (nSPS) is 19.1. The van der Waals surface area contributed by atoms with Gasteiger partial charge in [0.25, 0.3) is 0 Å². The molecule has 0 aliphatic carbocycles. The monoisotopic (exact) mass is 267 g/mol. The highest BCUT2D eigenvalue weighted by molar-refractivity contribution is 6.31. The number of nitrogens with zero attached hydrogens (tertiary/aromatic N) is 2. The summed E-state index contributed by atoms with van der Waals surface area (Å²) in [6, 6.07) is 7.92. The van der Waals surface area contributed by atoms with E-state index in [4.69, 9.17) is 22.5 Å². The van der Waals surface area contributed by atoms with Gasteiger partial charge in [-0.05, 0) is 37.6 Å². The molecule has 4 nitrogen and oxygen atoms in total. The van der Waals surface area contributed by atoms with E-state index in [0.29, 0.717) is 5.84 Å². The average molecular weight is 268 g/mol. The van der Waals surface area contributed by atoms with Crippen molar-refractivity contribution in [2.45, 2.75) is 19.4 Å². The van der Waals surface area contributed by atoms with Gasteiger partial charge in [-0.2, -0.15) is 0 Å². The van der Waals surface area contributed by atoms with Gasteiger partial charge in [0.05, 0.1) is 0 Å². The van der Waals surface area contributed by atoms with Crippen molar-refractivity contribution < 1.29 is 5.21 Å². The quantitative estimate of drug-likeness (QED) is 0.382. The van der Waals surface area contributed by atoms with E-state index in [0.717, 1.165) is 43.1 Å². The predicted octanol–water partition coefficient (Wildman–Crippen LogP) is 2.30. The maximum atomic E-state index is 8.66. The molecule has 0 amide bonds. The largest absolute Gasteiger partial charge is 0.409 e. The molecule has 0 unspecified atom stereocenters. The molecule has 1 fully saturated rings. The molecule has 1 aliphatic rings. The fourth-order valence-electron chi connectivity index (χ4n) is 2.34. The van der Waals surface area contributed by atoms with Crippen LogP contribution in [0.25, 0.3) is 0 Å². The molecule has 0 spiro atoms. The van der Waals surface area contributed by atoms with Gasteiger partial charge < -0.3 is 10.9 Å². The Morgan fingerprint density at radius 3 is 2.67 bits per heavy atom. The smallest absolute Gasteiger partial charge is 0.142 e. The van der Waals surface area contributed by atoms with Crippen molar-refractivity contribution >= 4 is 17.4 Å². The minimum absolute atomic E-state index is 0.206. The summed E-state index contributed by atoms with van der Waals surface area (Å²) in [6.07, 6.45) is 1.86. The van der Waals surface area contributed by atoms with Gasteiger partial charge >= 0.3 is 0 Å². The third-order valence-corrected chi connectivity index (χ3v) is 3.84. The highest BCUT2D eigenvalue weighted by Gasteiger charge is 2.22. The van der Waals surface area contributed by atoms with Crippen LogP contribution in [0.2, 0.25) is 5.02 Å². The Morgan fingerprint density at radius 2 is 2.06 bits per heavy atom. The SMILES string of the molecule is NC(=NO)C1CCN(Cc2ccccc2Cl)CC1. The van der Waals surface area contributed by atoms with Crippen molar-refractivity contribution in [1.29, 1.82) is 0 Å². The standard InChI is InChI=1S/C13H18ClN3O/c14-12-4-2-1-3-11(12)9-17-7-5-10(6-8-17)13(15)16-18/h1-4,10,18H,5-9H2,(H2,15,16). The zero-order valence-corrected chi connectivity index (χ0v) is 11.0. The lowest BCUT2D eigenvalue weighted by Gasteiger charge is -2.31. The van der Waals surface area contributed by atoms with Crippen molar-refractivity contribution in [2.24, 2.45) is 16.8 Å². The molecule has 1 heterocycles. The summed E-state index contributed by atoms with van der Waals surface area (Å²) in [6.45, 7) is 2.76. The third kappa shape index (κ3) is 3.15. The molecular weight excluding hydrogens is 250 g/mol. The van der Waals surface area contributed by atoms with Crippen LogP contribution in [0.1, 0.15) is 18.4 Å². The van der Waals surface area contributed by atoms with E-state index in [9.17, 15) is 0 Å². The number of amidine groups is 1. The molecule has 5 heteroatoms. The average Bonchev–Trinajstić information content (AvgIpc) is 2.41. The minimum atomic E-state index is 0.206. The van der Waals surface area contributed by atoms with Crippen LogP contribution >= 0.6 is 11.6 Å². The van der Waals surface area contributed by atoms with Gasteiger partial charge in [0.2, 0.25) is 0 Å². The number of nitrogens with two attached hydrogens (primary N) is 1. The fraction of sp³-hybridized carbons (Fsp3) is 0.462. The molecule has 2 rings (SSSR count). The molecule has 1 aliphatic heterocycles. The van der Waals surface area contributed by atoms with Crippen LogP contribution in [0.4, 0.5) is 0 Å². The third-order valence-electron chi connectivity index (χ3n) is 3.47. The van der Waals surface area contributed by atoms with E-state index >= 15 is 0 Å². The number of likely N-dealkylation sites (tertiary alicyclic amines) is 1. The Kier molecular flexibility index (Phi) is 4.44. The first-order valence-electron chi connectivity index (χ1n) is 6.14. The molecule has 0 bridgehead atoms. The van der Waals surface area contributed by atoms with E-state index in [1.54, 1.807) is 0 Å². The topological polar surface area (TPSA) is 61.9 Å². The maximum Gasteiger partial charge on any atom is 0.142 e. The second-order valence-corrected chi connectivity index (χ2v) is 5.07. The van der Waals surface area contributed by atoms with E-state index in [2.05, 4.69) is 16.1 Å². The van der Waals surface area contributed by atoms with Gasteiger partial charge in [-0.25, -0.2) is 0 Å². The lowest BCUT2D eigenvalue weighted by atomic mass is 9.95. The Balaban J connectivity index is 1.89. The van der Waals surface area contributed by atoms with Crippen molar-refractivity contribution in [3.63, 3.8) is 0 Å². The number of benzene rings is 1. The van der Waals surface area contributed by atoms with E-state index < -0.39 is 0 Å². The molecule has 0 radical (unpaired) electrons. The molecule has 18 heavy (non-hydrogen) atoms. The Labute approximate surface area is 112 Å². The second-order valence-electron chi connectivity index (χ2n) is 4.67. The van der Waals surface area contributed by atoms with Crippen LogP contribution in [-0.2, 0) is 6.54 Å². The first-order chi connectivity index (χ1) is 8.70. The van der Waals surface area contributed by atoms with Crippen molar-refractivity contribution in [3.8, 4) is 0 Å². The van der Waals surface area contributed by atoms with Crippen LogP contribution in [-0.4, -0.2) is 29.0 Å². The zero-order chi connectivity index (χ0) is 13.0.